The van der Waals surface area contributed by atoms with Gasteiger partial charge in [0, 0.05) is 17.0 Å². The molecule has 5 heteroatoms. The van der Waals surface area contributed by atoms with Gasteiger partial charge < -0.3 is 9.64 Å². The van der Waals surface area contributed by atoms with Gasteiger partial charge in [0.1, 0.15) is 6.54 Å². The average molecular weight is 293 g/mol. The van der Waals surface area contributed by atoms with Crippen molar-refractivity contribution in [3.63, 3.8) is 0 Å². The molecule has 0 radical (unpaired) electrons. The molecule has 1 amide bonds. The monoisotopic (exact) mass is 293 g/mol. The lowest BCUT2D eigenvalue weighted by molar-refractivity contribution is -0.146. The lowest BCUT2D eigenvalue weighted by Crippen LogP contribution is -2.41. The molecule has 1 heterocycles. The van der Waals surface area contributed by atoms with Crippen molar-refractivity contribution < 1.29 is 14.3 Å². The lowest BCUT2D eigenvalue weighted by Gasteiger charge is -2.26. The lowest BCUT2D eigenvalue weighted by atomic mass is 10.2. The molecule has 0 aromatic carbocycles. The Hall–Kier alpha value is -1.62. The van der Waals surface area contributed by atoms with Crippen molar-refractivity contribution in [2.24, 2.45) is 0 Å². The third-order valence-electron chi connectivity index (χ3n) is 3.51. The molecular weight excluding hydrogens is 274 g/mol. The van der Waals surface area contributed by atoms with Gasteiger partial charge in [0.25, 0.3) is 0 Å². The summed E-state index contributed by atoms with van der Waals surface area (Å²) in [7, 11) is 1.35. The number of rotatable bonds is 5. The van der Waals surface area contributed by atoms with E-state index in [-0.39, 0.29) is 24.5 Å². The van der Waals surface area contributed by atoms with E-state index in [9.17, 15) is 9.59 Å². The maximum atomic E-state index is 12.3. The van der Waals surface area contributed by atoms with Crippen LogP contribution in [0.3, 0.4) is 0 Å². The summed E-state index contributed by atoms with van der Waals surface area (Å²) in [5.41, 5.74) is 0. The minimum Gasteiger partial charge on any atom is -0.468 e. The van der Waals surface area contributed by atoms with E-state index in [2.05, 4.69) is 4.74 Å². The number of amides is 1. The van der Waals surface area contributed by atoms with Crippen LogP contribution in [0, 0.1) is 0 Å². The van der Waals surface area contributed by atoms with Gasteiger partial charge in [-0.2, -0.15) is 0 Å². The highest BCUT2D eigenvalue weighted by molar-refractivity contribution is 7.10. The van der Waals surface area contributed by atoms with E-state index in [4.69, 9.17) is 0 Å². The number of ether oxygens (including phenoxy) is 1. The van der Waals surface area contributed by atoms with Gasteiger partial charge in [0.2, 0.25) is 5.91 Å². The summed E-state index contributed by atoms with van der Waals surface area (Å²) in [6.45, 7) is 0.0365. The second-order valence-corrected chi connectivity index (χ2v) is 5.81. The van der Waals surface area contributed by atoms with E-state index in [0.717, 1.165) is 30.6 Å². The number of carbonyl (C=O) groups excluding carboxylic acids is 2. The summed E-state index contributed by atoms with van der Waals surface area (Å²) in [5, 5.41) is 1.97. The van der Waals surface area contributed by atoms with Crippen molar-refractivity contribution in [1.82, 2.24) is 4.90 Å². The Balaban J connectivity index is 2.04. The highest BCUT2D eigenvalue weighted by Crippen LogP contribution is 2.24. The van der Waals surface area contributed by atoms with Crippen LogP contribution in [0.15, 0.2) is 23.6 Å². The summed E-state index contributed by atoms with van der Waals surface area (Å²) in [6, 6.07) is 4.06. The molecule has 20 heavy (non-hydrogen) atoms. The van der Waals surface area contributed by atoms with Gasteiger partial charge >= 0.3 is 5.97 Å². The molecule has 0 saturated heterocycles. The molecule has 0 unspecified atom stereocenters. The average Bonchev–Trinajstić information content (AvgIpc) is 3.14. The molecule has 0 N–H and O–H groups in total. The predicted molar refractivity (Wildman–Crippen MR) is 79.3 cm³/mol. The molecule has 1 fully saturated rings. The number of thiophene rings is 1. The molecule has 1 aliphatic rings. The number of hydrogen-bond donors (Lipinski definition) is 0. The molecule has 0 bridgehead atoms. The quantitative estimate of drug-likeness (QED) is 0.619. The first-order valence-corrected chi connectivity index (χ1v) is 7.67. The molecule has 1 saturated carbocycles. The SMILES string of the molecule is COC(=O)CN(C(=O)/C=C/c1cccs1)C1CCCC1. The summed E-state index contributed by atoms with van der Waals surface area (Å²) in [5.74, 6) is -0.481. The van der Waals surface area contributed by atoms with E-state index in [1.54, 1.807) is 28.4 Å². The summed E-state index contributed by atoms with van der Waals surface area (Å²) in [4.78, 5) is 26.5. The number of esters is 1. The first-order valence-electron chi connectivity index (χ1n) is 6.79. The van der Waals surface area contributed by atoms with Gasteiger partial charge in [-0.25, -0.2) is 0 Å². The first kappa shape index (κ1) is 14.8. The maximum Gasteiger partial charge on any atom is 0.325 e. The van der Waals surface area contributed by atoms with Crippen LogP contribution in [-0.4, -0.2) is 36.5 Å². The first-order chi connectivity index (χ1) is 9.70. The van der Waals surface area contributed by atoms with Crippen LogP contribution >= 0.6 is 11.3 Å². The van der Waals surface area contributed by atoms with Crippen molar-refractivity contribution in [1.29, 1.82) is 0 Å². The number of hydrogen-bond acceptors (Lipinski definition) is 4. The summed E-state index contributed by atoms with van der Waals surface area (Å²) in [6.07, 6.45) is 7.51. The van der Waals surface area contributed by atoms with Crippen molar-refractivity contribution in [2.45, 2.75) is 31.7 Å². The number of methoxy groups -OCH3 is 1. The molecule has 4 nitrogen and oxygen atoms in total. The number of carbonyl (C=O) groups is 2. The second kappa shape index (κ2) is 7.24. The van der Waals surface area contributed by atoms with E-state index >= 15 is 0 Å². The zero-order valence-corrected chi connectivity index (χ0v) is 12.4. The van der Waals surface area contributed by atoms with Crippen LogP contribution < -0.4 is 0 Å². The van der Waals surface area contributed by atoms with Crippen LogP contribution in [0.1, 0.15) is 30.6 Å². The van der Waals surface area contributed by atoms with Gasteiger partial charge in [-0.05, 0) is 30.4 Å². The highest BCUT2D eigenvalue weighted by atomic mass is 32.1. The Bertz CT molecular complexity index is 475. The van der Waals surface area contributed by atoms with Gasteiger partial charge in [0.15, 0.2) is 0 Å². The van der Waals surface area contributed by atoms with Crippen LogP contribution in [0.5, 0.6) is 0 Å². The molecule has 0 aliphatic heterocycles. The third kappa shape index (κ3) is 3.93. The van der Waals surface area contributed by atoms with Gasteiger partial charge in [-0.1, -0.05) is 18.9 Å². The van der Waals surface area contributed by atoms with Gasteiger partial charge in [-0.3, -0.25) is 9.59 Å². The topological polar surface area (TPSA) is 46.6 Å². The maximum absolute atomic E-state index is 12.3. The fourth-order valence-electron chi connectivity index (χ4n) is 2.44. The van der Waals surface area contributed by atoms with Crippen molar-refractivity contribution >= 4 is 29.3 Å². The van der Waals surface area contributed by atoms with Gasteiger partial charge in [-0.15, -0.1) is 11.3 Å². The molecule has 0 atom stereocenters. The predicted octanol–water partition coefficient (Wildman–Crippen LogP) is 2.71. The number of nitrogens with zero attached hydrogens (tertiary/aromatic N) is 1. The Morgan fingerprint density at radius 1 is 1.45 bits per heavy atom. The Labute approximate surface area is 123 Å². The molecular formula is C15H19NO3S. The van der Waals surface area contributed by atoms with Crippen molar-refractivity contribution in [3.05, 3.63) is 28.5 Å². The smallest absolute Gasteiger partial charge is 0.325 e. The van der Waals surface area contributed by atoms with Crippen molar-refractivity contribution in [3.8, 4) is 0 Å². The minimum absolute atomic E-state index is 0.0365. The Kier molecular flexibility index (Phi) is 5.35. The normalized spacial score (nSPS) is 15.7. The molecule has 2 rings (SSSR count). The van der Waals surface area contributed by atoms with Crippen LogP contribution in [0.25, 0.3) is 6.08 Å². The molecule has 1 aromatic heterocycles. The largest absolute Gasteiger partial charge is 0.468 e. The fourth-order valence-corrected chi connectivity index (χ4v) is 3.06. The van der Waals surface area contributed by atoms with Crippen LogP contribution in [-0.2, 0) is 14.3 Å². The Morgan fingerprint density at radius 2 is 2.20 bits per heavy atom. The van der Waals surface area contributed by atoms with E-state index in [1.807, 2.05) is 17.5 Å². The van der Waals surface area contributed by atoms with E-state index in [1.165, 1.54) is 7.11 Å². The molecule has 1 aromatic rings. The summed E-state index contributed by atoms with van der Waals surface area (Å²) >= 11 is 1.58. The van der Waals surface area contributed by atoms with Crippen molar-refractivity contribution in [2.75, 3.05) is 13.7 Å². The third-order valence-corrected chi connectivity index (χ3v) is 4.35. The molecule has 108 valence electrons. The second-order valence-electron chi connectivity index (χ2n) is 4.83. The van der Waals surface area contributed by atoms with E-state index in [0.29, 0.717) is 0 Å². The minimum atomic E-state index is -0.366. The standard InChI is InChI=1S/C15H19NO3S/c1-19-15(18)11-16(12-5-2-3-6-12)14(17)9-8-13-7-4-10-20-13/h4,7-10,12H,2-3,5-6,11H2,1H3/b9-8+. The van der Waals surface area contributed by atoms with Gasteiger partial charge in [0.05, 0.1) is 7.11 Å². The van der Waals surface area contributed by atoms with Crippen LogP contribution in [0.4, 0.5) is 0 Å². The van der Waals surface area contributed by atoms with E-state index < -0.39 is 0 Å². The fraction of sp³-hybridized carbons (Fsp3) is 0.467. The zero-order valence-electron chi connectivity index (χ0n) is 11.6. The van der Waals surface area contributed by atoms with Crippen LogP contribution in [0.2, 0.25) is 0 Å². The Morgan fingerprint density at radius 3 is 2.80 bits per heavy atom. The zero-order chi connectivity index (χ0) is 14.4. The molecule has 0 spiro atoms. The highest BCUT2D eigenvalue weighted by Gasteiger charge is 2.27. The molecule has 1 aliphatic carbocycles. The summed E-state index contributed by atoms with van der Waals surface area (Å²) < 4.78 is 4.69.